The zero-order valence-corrected chi connectivity index (χ0v) is 13.7. The highest BCUT2D eigenvalue weighted by Gasteiger charge is 2.12. The van der Waals surface area contributed by atoms with Gasteiger partial charge in [0.1, 0.15) is 0 Å². The first-order valence-electron chi connectivity index (χ1n) is 7.96. The van der Waals surface area contributed by atoms with E-state index in [1.54, 1.807) is 0 Å². The Balaban J connectivity index is 2.26. The van der Waals surface area contributed by atoms with Crippen molar-refractivity contribution >= 4 is 0 Å². The molecule has 3 nitrogen and oxygen atoms in total. The molecule has 1 N–H and O–H groups in total. The van der Waals surface area contributed by atoms with Gasteiger partial charge in [0.25, 0.3) is 0 Å². The molecule has 1 aromatic carbocycles. The van der Waals surface area contributed by atoms with Crippen LogP contribution in [0.3, 0.4) is 0 Å². The van der Waals surface area contributed by atoms with Crippen molar-refractivity contribution in [3.05, 3.63) is 47.3 Å². The number of hydrogen-bond acceptors (Lipinski definition) is 2. The average molecular weight is 285 g/mol. The van der Waals surface area contributed by atoms with Gasteiger partial charge in [0.05, 0.1) is 11.9 Å². The maximum Gasteiger partial charge on any atom is 0.0678 e. The molecular weight excluding hydrogens is 258 g/mol. The first kappa shape index (κ1) is 15.8. The molecular formula is C18H27N3. The third-order valence-corrected chi connectivity index (χ3v) is 3.65. The first-order valence-corrected chi connectivity index (χ1v) is 7.96. The van der Waals surface area contributed by atoms with Gasteiger partial charge in [0.2, 0.25) is 0 Å². The standard InChI is InChI=1S/C18H27N3/c1-5-8-18-16(12-19-11-14(2)3)13-20-21(18)17-10-7-6-9-15(17)4/h6-7,9-10,13-14,19H,5,8,11-12H2,1-4H3. The molecule has 0 aliphatic rings. The van der Waals surface area contributed by atoms with Gasteiger partial charge in [0, 0.05) is 17.8 Å². The van der Waals surface area contributed by atoms with E-state index in [0.717, 1.165) is 25.9 Å². The van der Waals surface area contributed by atoms with E-state index in [1.165, 1.54) is 22.5 Å². The Bertz CT molecular complexity index is 570. The van der Waals surface area contributed by atoms with Crippen LogP contribution in [0.1, 0.15) is 44.0 Å². The minimum Gasteiger partial charge on any atom is -0.312 e. The van der Waals surface area contributed by atoms with Gasteiger partial charge >= 0.3 is 0 Å². The quantitative estimate of drug-likeness (QED) is 0.836. The molecule has 0 unspecified atom stereocenters. The summed E-state index contributed by atoms with van der Waals surface area (Å²) in [6.45, 7) is 10.8. The molecule has 0 radical (unpaired) electrons. The van der Waals surface area contributed by atoms with Crippen LogP contribution in [0.25, 0.3) is 5.69 Å². The van der Waals surface area contributed by atoms with Gasteiger partial charge in [-0.15, -0.1) is 0 Å². The first-order chi connectivity index (χ1) is 10.1. The summed E-state index contributed by atoms with van der Waals surface area (Å²) in [5.74, 6) is 0.672. The zero-order chi connectivity index (χ0) is 15.2. The molecule has 0 saturated heterocycles. The summed E-state index contributed by atoms with van der Waals surface area (Å²) in [7, 11) is 0. The van der Waals surface area contributed by atoms with Crippen LogP contribution in [0.15, 0.2) is 30.5 Å². The molecule has 1 heterocycles. The molecule has 3 heteroatoms. The van der Waals surface area contributed by atoms with Crippen molar-refractivity contribution in [2.45, 2.75) is 47.1 Å². The molecule has 21 heavy (non-hydrogen) atoms. The highest BCUT2D eigenvalue weighted by atomic mass is 15.3. The lowest BCUT2D eigenvalue weighted by atomic mass is 10.1. The van der Waals surface area contributed by atoms with Gasteiger partial charge in [-0.25, -0.2) is 4.68 Å². The highest BCUT2D eigenvalue weighted by molar-refractivity contribution is 5.41. The lowest BCUT2D eigenvalue weighted by molar-refractivity contribution is 0.550. The van der Waals surface area contributed by atoms with Gasteiger partial charge in [-0.2, -0.15) is 5.10 Å². The molecule has 1 aromatic heterocycles. The fraction of sp³-hybridized carbons (Fsp3) is 0.500. The van der Waals surface area contributed by atoms with Crippen molar-refractivity contribution in [2.24, 2.45) is 5.92 Å². The molecule has 2 rings (SSSR count). The summed E-state index contributed by atoms with van der Waals surface area (Å²) in [4.78, 5) is 0. The summed E-state index contributed by atoms with van der Waals surface area (Å²) < 4.78 is 2.12. The number of nitrogens with zero attached hydrogens (tertiary/aromatic N) is 2. The summed E-state index contributed by atoms with van der Waals surface area (Å²) >= 11 is 0. The molecule has 0 bridgehead atoms. The third kappa shape index (κ3) is 3.94. The van der Waals surface area contributed by atoms with E-state index < -0.39 is 0 Å². The van der Waals surface area contributed by atoms with E-state index in [2.05, 4.69) is 67.1 Å². The van der Waals surface area contributed by atoms with Crippen molar-refractivity contribution in [1.82, 2.24) is 15.1 Å². The second-order valence-electron chi connectivity index (χ2n) is 6.09. The van der Waals surface area contributed by atoms with Crippen LogP contribution in [-0.2, 0) is 13.0 Å². The third-order valence-electron chi connectivity index (χ3n) is 3.65. The monoisotopic (exact) mass is 285 g/mol. The van der Waals surface area contributed by atoms with Crippen LogP contribution in [0.5, 0.6) is 0 Å². The molecule has 2 aromatic rings. The summed E-state index contributed by atoms with van der Waals surface area (Å²) in [6, 6.07) is 8.44. The second-order valence-corrected chi connectivity index (χ2v) is 6.09. The Morgan fingerprint density at radius 1 is 1.24 bits per heavy atom. The van der Waals surface area contributed by atoms with Crippen LogP contribution in [0.2, 0.25) is 0 Å². The number of aromatic nitrogens is 2. The van der Waals surface area contributed by atoms with Gasteiger partial charge in [-0.3, -0.25) is 0 Å². The predicted molar refractivity (Wildman–Crippen MR) is 88.8 cm³/mol. The Labute approximate surface area is 128 Å². The second kappa shape index (κ2) is 7.41. The number of benzene rings is 1. The SMILES string of the molecule is CCCc1c(CNCC(C)C)cnn1-c1ccccc1C. The average Bonchev–Trinajstić information content (AvgIpc) is 2.83. The van der Waals surface area contributed by atoms with Crippen LogP contribution in [0.4, 0.5) is 0 Å². The predicted octanol–water partition coefficient (Wildman–Crippen LogP) is 3.88. The maximum atomic E-state index is 4.64. The van der Waals surface area contributed by atoms with E-state index in [1.807, 2.05) is 6.20 Å². The Morgan fingerprint density at radius 3 is 2.67 bits per heavy atom. The molecule has 0 amide bonds. The molecule has 0 saturated carbocycles. The Hall–Kier alpha value is -1.61. The molecule has 0 spiro atoms. The van der Waals surface area contributed by atoms with Gasteiger partial charge in [-0.05, 0) is 37.4 Å². The Kier molecular flexibility index (Phi) is 5.57. The van der Waals surface area contributed by atoms with Crippen molar-refractivity contribution < 1.29 is 0 Å². The largest absolute Gasteiger partial charge is 0.312 e. The normalized spacial score (nSPS) is 11.3. The molecule has 0 aliphatic heterocycles. The molecule has 0 aliphatic carbocycles. The number of rotatable bonds is 7. The van der Waals surface area contributed by atoms with Crippen molar-refractivity contribution in [3.63, 3.8) is 0 Å². The smallest absolute Gasteiger partial charge is 0.0678 e. The van der Waals surface area contributed by atoms with E-state index >= 15 is 0 Å². The van der Waals surface area contributed by atoms with Crippen molar-refractivity contribution in [1.29, 1.82) is 0 Å². The van der Waals surface area contributed by atoms with Crippen LogP contribution in [0, 0.1) is 12.8 Å². The maximum absolute atomic E-state index is 4.64. The summed E-state index contributed by atoms with van der Waals surface area (Å²) in [5.41, 5.74) is 5.11. The number of hydrogen-bond donors (Lipinski definition) is 1. The number of aryl methyl sites for hydroxylation is 1. The Morgan fingerprint density at radius 2 is 2.00 bits per heavy atom. The molecule has 114 valence electrons. The summed E-state index contributed by atoms with van der Waals surface area (Å²) in [6.07, 6.45) is 4.21. The van der Waals surface area contributed by atoms with Crippen molar-refractivity contribution in [2.75, 3.05) is 6.54 Å². The lowest BCUT2D eigenvalue weighted by Gasteiger charge is -2.12. The molecule has 0 atom stereocenters. The van der Waals surface area contributed by atoms with Gasteiger partial charge in [0.15, 0.2) is 0 Å². The van der Waals surface area contributed by atoms with E-state index in [-0.39, 0.29) is 0 Å². The minimum absolute atomic E-state index is 0.672. The summed E-state index contributed by atoms with van der Waals surface area (Å²) in [5, 5.41) is 8.17. The number of nitrogens with one attached hydrogen (secondary N) is 1. The topological polar surface area (TPSA) is 29.9 Å². The molecule has 0 fully saturated rings. The zero-order valence-electron chi connectivity index (χ0n) is 13.7. The van der Waals surface area contributed by atoms with Crippen LogP contribution >= 0.6 is 0 Å². The number of para-hydroxylation sites is 1. The van der Waals surface area contributed by atoms with Gasteiger partial charge < -0.3 is 5.32 Å². The van der Waals surface area contributed by atoms with E-state index in [9.17, 15) is 0 Å². The minimum atomic E-state index is 0.672. The fourth-order valence-electron chi connectivity index (χ4n) is 2.56. The fourth-order valence-corrected chi connectivity index (χ4v) is 2.56. The van der Waals surface area contributed by atoms with Crippen LogP contribution in [-0.4, -0.2) is 16.3 Å². The van der Waals surface area contributed by atoms with E-state index in [4.69, 9.17) is 0 Å². The lowest BCUT2D eigenvalue weighted by Crippen LogP contribution is -2.19. The van der Waals surface area contributed by atoms with Gasteiger partial charge in [-0.1, -0.05) is 45.4 Å². The van der Waals surface area contributed by atoms with E-state index in [0.29, 0.717) is 5.92 Å². The van der Waals surface area contributed by atoms with Crippen LogP contribution < -0.4 is 5.32 Å². The highest BCUT2D eigenvalue weighted by Crippen LogP contribution is 2.19. The van der Waals surface area contributed by atoms with Crippen molar-refractivity contribution in [3.8, 4) is 5.69 Å².